The van der Waals surface area contributed by atoms with Crippen LogP contribution in [0.5, 0.6) is 11.5 Å². The van der Waals surface area contributed by atoms with Crippen LogP contribution in [0, 0.1) is 0 Å². The molecular weight excluding hydrogens is 356 g/mol. The number of primary amides is 1. The van der Waals surface area contributed by atoms with E-state index in [9.17, 15) is 9.90 Å². The van der Waals surface area contributed by atoms with Gasteiger partial charge in [-0.25, -0.2) is 0 Å². The molecular formula is C19H23ClN2O4. The van der Waals surface area contributed by atoms with Crippen molar-refractivity contribution in [3.63, 3.8) is 0 Å². The molecule has 6 nitrogen and oxygen atoms in total. The molecule has 0 unspecified atom stereocenters. The van der Waals surface area contributed by atoms with Crippen LogP contribution in [0.25, 0.3) is 0 Å². The summed E-state index contributed by atoms with van der Waals surface area (Å²) >= 11 is 6.26. The molecule has 0 aliphatic heterocycles. The zero-order chi connectivity index (χ0) is 18.9. The lowest BCUT2D eigenvalue weighted by Crippen LogP contribution is -2.21. The number of halogens is 1. The van der Waals surface area contributed by atoms with E-state index in [2.05, 4.69) is 5.32 Å². The summed E-state index contributed by atoms with van der Waals surface area (Å²) in [6.07, 6.45) is -0.601. The number of aliphatic hydroxyl groups excluding tert-OH is 1. The van der Waals surface area contributed by atoms with E-state index in [4.69, 9.17) is 26.8 Å². The van der Waals surface area contributed by atoms with Gasteiger partial charge in [-0.2, -0.15) is 0 Å². The highest BCUT2D eigenvalue weighted by Crippen LogP contribution is 2.36. The molecule has 0 spiro atoms. The first-order valence-corrected chi connectivity index (χ1v) is 8.69. The van der Waals surface area contributed by atoms with Gasteiger partial charge in [0.05, 0.1) is 17.7 Å². The number of nitrogens with two attached hydrogens (primary N) is 1. The van der Waals surface area contributed by atoms with E-state index < -0.39 is 12.0 Å². The van der Waals surface area contributed by atoms with Gasteiger partial charge in [0.2, 0.25) is 0 Å². The van der Waals surface area contributed by atoms with E-state index >= 15 is 0 Å². The van der Waals surface area contributed by atoms with Crippen molar-refractivity contribution in [2.75, 3.05) is 19.8 Å². The Morgan fingerprint density at radius 2 is 2.00 bits per heavy atom. The van der Waals surface area contributed by atoms with E-state index in [1.807, 2.05) is 37.3 Å². The Hall–Kier alpha value is -2.28. The van der Waals surface area contributed by atoms with Gasteiger partial charge < -0.3 is 25.6 Å². The number of carbonyl (C=O) groups is 1. The lowest BCUT2D eigenvalue weighted by atomic mass is 10.1. The molecule has 1 atom stereocenters. The molecule has 0 aromatic heterocycles. The molecule has 2 aromatic rings. The van der Waals surface area contributed by atoms with Gasteiger partial charge in [-0.15, -0.1) is 0 Å². The predicted octanol–water partition coefficient (Wildman–Crippen LogP) is 2.43. The largest absolute Gasteiger partial charge is 0.490 e. The highest BCUT2D eigenvalue weighted by molar-refractivity contribution is 6.32. The van der Waals surface area contributed by atoms with Gasteiger partial charge >= 0.3 is 0 Å². The second kappa shape index (κ2) is 10.0. The van der Waals surface area contributed by atoms with E-state index in [0.717, 1.165) is 11.1 Å². The van der Waals surface area contributed by atoms with Crippen molar-refractivity contribution in [1.82, 2.24) is 5.32 Å². The lowest BCUT2D eigenvalue weighted by Gasteiger charge is -2.16. The monoisotopic (exact) mass is 378 g/mol. The summed E-state index contributed by atoms with van der Waals surface area (Å²) in [5, 5.41) is 13.7. The molecule has 0 radical (unpaired) electrons. The van der Waals surface area contributed by atoms with Gasteiger partial charge in [-0.1, -0.05) is 41.9 Å². The SMILES string of the molecule is CCOc1cc(CNC[C@H](O)c2ccccc2)cc(Cl)c1OCC(N)=O. The van der Waals surface area contributed by atoms with Crippen molar-refractivity contribution >= 4 is 17.5 Å². The summed E-state index contributed by atoms with van der Waals surface area (Å²) in [6.45, 7) is 2.87. The molecule has 0 saturated heterocycles. The van der Waals surface area contributed by atoms with Gasteiger partial charge in [-0.3, -0.25) is 4.79 Å². The summed E-state index contributed by atoms with van der Waals surface area (Å²) in [6, 6.07) is 12.9. The van der Waals surface area contributed by atoms with Crippen LogP contribution >= 0.6 is 11.6 Å². The summed E-state index contributed by atoms with van der Waals surface area (Å²) in [5.74, 6) is 0.145. The van der Waals surface area contributed by atoms with Crippen LogP contribution in [0.1, 0.15) is 24.2 Å². The Labute approximate surface area is 157 Å². The first-order valence-electron chi connectivity index (χ1n) is 8.31. The quantitative estimate of drug-likeness (QED) is 0.590. The topological polar surface area (TPSA) is 93.8 Å². The molecule has 0 heterocycles. The summed E-state index contributed by atoms with van der Waals surface area (Å²) in [7, 11) is 0. The minimum Gasteiger partial charge on any atom is -0.490 e. The number of hydrogen-bond acceptors (Lipinski definition) is 5. The lowest BCUT2D eigenvalue weighted by molar-refractivity contribution is -0.119. The fourth-order valence-corrected chi connectivity index (χ4v) is 2.70. The second-order valence-corrected chi connectivity index (χ2v) is 6.06. The van der Waals surface area contributed by atoms with Crippen LogP contribution in [0.3, 0.4) is 0 Å². The van der Waals surface area contributed by atoms with E-state index in [1.165, 1.54) is 0 Å². The standard InChI is InChI=1S/C19H23ClN2O4/c1-2-25-17-9-13(8-15(20)19(17)26-12-18(21)24)10-22-11-16(23)14-6-4-3-5-7-14/h3-9,16,22-23H,2,10-12H2,1H3,(H2,21,24)/t16-/m0/s1. The fraction of sp³-hybridized carbons (Fsp3) is 0.316. The molecule has 2 aromatic carbocycles. The molecule has 0 bridgehead atoms. The number of nitrogens with one attached hydrogen (secondary N) is 1. The molecule has 26 heavy (non-hydrogen) atoms. The number of ether oxygens (including phenoxy) is 2. The maximum absolute atomic E-state index is 10.9. The van der Waals surface area contributed by atoms with Gasteiger partial charge in [0.1, 0.15) is 0 Å². The number of aliphatic hydroxyl groups is 1. The summed E-state index contributed by atoms with van der Waals surface area (Å²) in [4.78, 5) is 10.9. The molecule has 0 saturated carbocycles. The number of hydrogen-bond donors (Lipinski definition) is 3. The summed E-state index contributed by atoms with van der Waals surface area (Å²) in [5.41, 5.74) is 6.82. The molecule has 7 heteroatoms. The Kier molecular flexibility index (Phi) is 7.72. The van der Waals surface area contributed by atoms with Crippen LogP contribution < -0.4 is 20.5 Å². The van der Waals surface area contributed by atoms with Crippen molar-refractivity contribution in [2.24, 2.45) is 5.73 Å². The van der Waals surface area contributed by atoms with Gasteiger partial charge in [0, 0.05) is 13.1 Å². The third kappa shape index (κ3) is 5.91. The van der Waals surface area contributed by atoms with Crippen molar-refractivity contribution in [3.8, 4) is 11.5 Å². The van der Waals surface area contributed by atoms with Crippen molar-refractivity contribution in [3.05, 3.63) is 58.6 Å². The molecule has 0 aliphatic carbocycles. The number of benzene rings is 2. The van der Waals surface area contributed by atoms with E-state index in [0.29, 0.717) is 36.2 Å². The molecule has 0 fully saturated rings. The minimum absolute atomic E-state index is 0.277. The van der Waals surface area contributed by atoms with E-state index in [1.54, 1.807) is 12.1 Å². The highest BCUT2D eigenvalue weighted by atomic mass is 35.5. The Balaban J connectivity index is 2.01. The highest BCUT2D eigenvalue weighted by Gasteiger charge is 2.14. The average Bonchev–Trinajstić information content (AvgIpc) is 2.61. The Bertz CT molecular complexity index is 725. The molecule has 4 N–H and O–H groups in total. The van der Waals surface area contributed by atoms with Gasteiger partial charge in [0.25, 0.3) is 5.91 Å². The smallest absolute Gasteiger partial charge is 0.255 e. The Morgan fingerprint density at radius 1 is 1.27 bits per heavy atom. The van der Waals surface area contributed by atoms with Crippen LogP contribution in [0.4, 0.5) is 0 Å². The first kappa shape index (κ1) is 20.0. The van der Waals surface area contributed by atoms with Crippen molar-refractivity contribution < 1.29 is 19.4 Å². The molecule has 2 rings (SSSR count). The fourth-order valence-electron chi connectivity index (χ4n) is 2.42. The summed E-state index contributed by atoms with van der Waals surface area (Å²) < 4.78 is 10.9. The van der Waals surface area contributed by atoms with Crippen LogP contribution in [0.15, 0.2) is 42.5 Å². The first-order chi connectivity index (χ1) is 12.5. The minimum atomic E-state index is -0.601. The number of amides is 1. The maximum Gasteiger partial charge on any atom is 0.255 e. The molecule has 140 valence electrons. The number of rotatable bonds is 10. The van der Waals surface area contributed by atoms with E-state index in [-0.39, 0.29) is 6.61 Å². The van der Waals surface area contributed by atoms with Gasteiger partial charge in [-0.05, 0) is 30.2 Å². The third-order valence-electron chi connectivity index (χ3n) is 3.58. The second-order valence-electron chi connectivity index (χ2n) is 5.65. The zero-order valence-corrected chi connectivity index (χ0v) is 15.3. The normalized spacial score (nSPS) is 11.8. The van der Waals surface area contributed by atoms with Crippen molar-refractivity contribution in [1.29, 1.82) is 0 Å². The molecule has 1 amide bonds. The van der Waals surface area contributed by atoms with Crippen LogP contribution in [-0.4, -0.2) is 30.8 Å². The predicted molar refractivity (Wildman–Crippen MR) is 100 cm³/mol. The van der Waals surface area contributed by atoms with Crippen LogP contribution in [0.2, 0.25) is 5.02 Å². The van der Waals surface area contributed by atoms with Gasteiger partial charge in [0.15, 0.2) is 18.1 Å². The third-order valence-corrected chi connectivity index (χ3v) is 3.86. The van der Waals surface area contributed by atoms with Crippen LogP contribution in [-0.2, 0) is 11.3 Å². The number of carbonyl (C=O) groups excluding carboxylic acids is 1. The maximum atomic E-state index is 10.9. The Morgan fingerprint density at radius 3 is 2.65 bits per heavy atom. The average molecular weight is 379 g/mol. The van der Waals surface area contributed by atoms with Crippen molar-refractivity contribution in [2.45, 2.75) is 19.6 Å². The molecule has 0 aliphatic rings. The zero-order valence-electron chi connectivity index (χ0n) is 14.6.